The van der Waals surface area contributed by atoms with E-state index >= 15 is 0 Å². The number of rotatable bonds is 5. The third-order valence-corrected chi connectivity index (χ3v) is 2.65. The van der Waals surface area contributed by atoms with Gasteiger partial charge in [0.05, 0.1) is 19.3 Å². The number of aliphatic carboxylic acids is 1. The van der Waals surface area contributed by atoms with Gasteiger partial charge in [-0.3, -0.25) is 4.79 Å². The molecule has 0 aliphatic carbocycles. The van der Waals surface area contributed by atoms with Gasteiger partial charge in [-0.05, 0) is 24.1 Å². The smallest absolute Gasteiger partial charge is 0.307 e. The van der Waals surface area contributed by atoms with Crippen molar-refractivity contribution in [1.29, 1.82) is 0 Å². The van der Waals surface area contributed by atoms with Crippen LogP contribution in [-0.4, -0.2) is 24.8 Å². The van der Waals surface area contributed by atoms with Crippen LogP contribution in [0.3, 0.4) is 0 Å². The first-order valence-corrected chi connectivity index (χ1v) is 5.40. The summed E-state index contributed by atoms with van der Waals surface area (Å²) in [6, 6.07) is 5.80. The van der Waals surface area contributed by atoms with E-state index in [1.54, 1.807) is 7.11 Å². The molecule has 0 aliphatic heterocycles. The highest BCUT2D eigenvalue weighted by atomic mass is 16.5. The predicted octanol–water partition coefficient (Wildman–Crippen LogP) is 2.25. The molecule has 0 spiro atoms. The second-order valence-electron chi connectivity index (χ2n) is 3.90. The van der Waals surface area contributed by atoms with Gasteiger partial charge < -0.3 is 14.3 Å². The molecule has 17 heavy (non-hydrogen) atoms. The second kappa shape index (κ2) is 5.01. The number of furan rings is 1. The first kappa shape index (κ1) is 11.7. The summed E-state index contributed by atoms with van der Waals surface area (Å²) in [6.45, 7) is 0.650. The lowest BCUT2D eigenvalue weighted by Gasteiger charge is -2.01. The van der Waals surface area contributed by atoms with E-state index in [0.717, 1.165) is 23.0 Å². The molecule has 2 aromatic rings. The molecule has 0 bridgehead atoms. The number of ether oxygens (including phenoxy) is 1. The molecule has 0 unspecified atom stereocenters. The topological polar surface area (TPSA) is 59.7 Å². The van der Waals surface area contributed by atoms with E-state index in [-0.39, 0.29) is 6.42 Å². The van der Waals surface area contributed by atoms with Crippen molar-refractivity contribution in [1.82, 2.24) is 0 Å². The monoisotopic (exact) mass is 234 g/mol. The predicted molar refractivity (Wildman–Crippen MR) is 63.1 cm³/mol. The molecule has 4 heteroatoms. The van der Waals surface area contributed by atoms with Gasteiger partial charge in [0.25, 0.3) is 0 Å². The van der Waals surface area contributed by atoms with E-state index in [1.165, 1.54) is 6.26 Å². The molecule has 0 fully saturated rings. The Kier molecular flexibility index (Phi) is 3.44. The third-order valence-electron chi connectivity index (χ3n) is 2.65. The Morgan fingerprint density at radius 2 is 2.29 bits per heavy atom. The highest BCUT2D eigenvalue weighted by molar-refractivity contribution is 5.85. The van der Waals surface area contributed by atoms with Crippen LogP contribution in [0.1, 0.15) is 11.1 Å². The summed E-state index contributed by atoms with van der Waals surface area (Å²) in [5.41, 5.74) is 2.56. The highest BCUT2D eigenvalue weighted by Crippen LogP contribution is 2.23. The van der Waals surface area contributed by atoms with Crippen LogP contribution >= 0.6 is 0 Å². The zero-order chi connectivity index (χ0) is 12.3. The summed E-state index contributed by atoms with van der Waals surface area (Å²) >= 11 is 0. The van der Waals surface area contributed by atoms with E-state index in [1.807, 2.05) is 18.2 Å². The van der Waals surface area contributed by atoms with E-state index in [9.17, 15) is 4.79 Å². The Morgan fingerprint density at radius 1 is 1.47 bits per heavy atom. The quantitative estimate of drug-likeness (QED) is 0.862. The second-order valence-corrected chi connectivity index (χ2v) is 3.90. The van der Waals surface area contributed by atoms with Crippen LogP contribution in [0.2, 0.25) is 0 Å². The molecule has 4 nitrogen and oxygen atoms in total. The molecule has 1 N–H and O–H groups in total. The number of hydrogen-bond acceptors (Lipinski definition) is 3. The summed E-state index contributed by atoms with van der Waals surface area (Å²) in [7, 11) is 1.66. The molecule has 2 rings (SSSR count). The van der Waals surface area contributed by atoms with Crippen molar-refractivity contribution in [2.45, 2.75) is 12.8 Å². The maximum absolute atomic E-state index is 10.7. The van der Waals surface area contributed by atoms with Crippen LogP contribution in [0.5, 0.6) is 0 Å². The number of methoxy groups -OCH3 is 1. The van der Waals surface area contributed by atoms with Crippen molar-refractivity contribution in [3.63, 3.8) is 0 Å². The Balaban J connectivity index is 2.32. The molecule has 0 saturated heterocycles. The molecule has 1 aromatic carbocycles. The number of benzene rings is 1. The number of carboxylic acid groups (broad SMARTS) is 1. The summed E-state index contributed by atoms with van der Waals surface area (Å²) < 4.78 is 10.3. The van der Waals surface area contributed by atoms with E-state index in [4.69, 9.17) is 14.3 Å². The average Bonchev–Trinajstić information content (AvgIpc) is 2.69. The normalized spacial score (nSPS) is 10.9. The minimum absolute atomic E-state index is 0.0132. The van der Waals surface area contributed by atoms with Gasteiger partial charge in [-0.25, -0.2) is 0 Å². The molecule has 1 heterocycles. The fraction of sp³-hybridized carbons (Fsp3) is 0.308. The minimum Gasteiger partial charge on any atom is -0.481 e. The highest BCUT2D eigenvalue weighted by Gasteiger charge is 2.09. The van der Waals surface area contributed by atoms with Gasteiger partial charge in [0.15, 0.2) is 0 Å². The molecule has 0 radical (unpaired) electrons. The van der Waals surface area contributed by atoms with Gasteiger partial charge in [-0.2, -0.15) is 0 Å². The van der Waals surface area contributed by atoms with Crippen LogP contribution in [0.25, 0.3) is 11.0 Å². The number of hydrogen-bond donors (Lipinski definition) is 1. The Hall–Kier alpha value is -1.81. The van der Waals surface area contributed by atoms with Crippen molar-refractivity contribution in [3.05, 3.63) is 35.6 Å². The van der Waals surface area contributed by atoms with E-state index < -0.39 is 5.97 Å². The van der Waals surface area contributed by atoms with Crippen molar-refractivity contribution in [3.8, 4) is 0 Å². The van der Waals surface area contributed by atoms with Crippen LogP contribution in [-0.2, 0) is 22.4 Å². The van der Waals surface area contributed by atoms with Crippen LogP contribution < -0.4 is 0 Å². The summed E-state index contributed by atoms with van der Waals surface area (Å²) in [6.07, 6.45) is 2.31. The van der Waals surface area contributed by atoms with Gasteiger partial charge in [0.1, 0.15) is 5.58 Å². The zero-order valence-electron chi connectivity index (χ0n) is 9.60. The van der Waals surface area contributed by atoms with Crippen LogP contribution in [0.4, 0.5) is 0 Å². The van der Waals surface area contributed by atoms with E-state index in [0.29, 0.717) is 12.2 Å². The average molecular weight is 234 g/mol. The van der Waals surface area contributed by atoms with E-state index in [2.05, 4.69) is 0 Å². The zero-order valence-corrected chi connectivity index (χ0v) is 9.60. The van der Waals surface area contributed by atoms with Gasteiger partial charge in [-0.1, -0.05) is 6.07 Å². The molecule has 0 atom stereocenters. The maximum atomic E-state index is 10.7. The number of carboxylic acids is 1. The lowest BCUT2D eigenvalue weighted by molar-refractivity contribution is -0.136. The number of fused-ring (bicyclic) bond motifs is 1. The molecule has 0 aliphatic rings. The van der Waals surface area contributed by atoms with Crippen molar-refractivity contribution in [2.75, 3.05) is 13.7 Å². The molecule has 90 valence electrons. The van der Waals surface area contributed by atoms with Crippen LogP contribution in [0.15, 0.2) is 28.9 Å². The third kappa shape index (κ3) is 2.65. The summed E-state index contributed by atoms with van der Waals surface area (Å²) in [5.74, 6) is -0.852. The fourth-order valence-corrected chi connectivity index (χ4v) is 1.80. The minimum atomic E-state index is -0.852. The Morgan fingerprint density at radius 3 is 3.00 bits per heavy atom. The maximum Gasteiger partial charge on any atom is 0.307 e. The standard InChI is InChI=1S/C13H14O4/c1-16-5-4-9-2-3-12-11(6-9)10(8-17-12)7-13(14)15/h2-3,6,8H,4-5,7H2,1H3,(H,14,15). The SMILES string of the molecule is COCCc1ccc2occ(CC(=O)O)c2c1. The number of carbonyl (C=O) groups is 1. The Bertz CT molecular complexity index is 527. The first-order chi connectivity index (χ1) is 8.20. The first-order valence-electron chi connectivity index (χ1n) is 5.40. The van der Waals surface area contributed by atoms with Gasteiger partial charge in [0, 0.05) is 18.1 Å². The fourth-order valence-electron chi connectivity index (χ4n) is 1.80. The lowest BCUT2D eigenvalue weighted by atomic mass is 10.1. The summed E-state index contributed by atoms with van der Waals surface area (Å²) in [4.78, 5) is 10.7. The molecular weight excluding hydrogens is 220 g/mol. The molecular formula is C13H14O4. The van der Waals surface area contributed by atoms with Gasteiger partial charge in [0.2, 0.25) is 0 Å². The molecule has 0 amide bonds. The Labute approximate surface area is 98.8 Å². The van der Waals surface area contributed by atoms with Gasteiger partial charge >= 0.3 is 5.97 Å². The molecule has 0 saturated carbocycles. The molecule has 1 aromatic heterocycles. The summed E-state index contributed by atoms with van der Waals surface area (Å²) in [5, 5.41) is 9.67. The largest absolute Gasteiger partial charge is 0.481 e. The van der Waals surface area contributed by atoms with Crippen molar-refractivity contribution < 1.29 is 19.1 Å². The van der Waals surface area contributed by atoms with Crippen LogP contribution in [0, 0.1) is 0 Å². The lowest BCUT2D eigenvalue weighted by Crippen LogP contribution is -1.99. The van der Waals surface area contributed by atoms with Crippen molar-refractivity contribution in [2.24, 2.45) is 0 Å². The van der Waals surface area contributed by atoms with Gasteiger partial charge in [-0.15, -0.1) is 0 Å². The van der Waals surface area contributed by atoms with Crippen molar-refractivity contribution >= 4 is 16.9 Å².